The summed E-state index contributed by atoms with van der Waals surface area (Å²) in [6.45, 7) is 0.771. The Hall–Kier alpha value is -3.81. The molecular weight excluding hydrogens is 366 g/mol. The number of hydrogen-bond donors (Lipinski definition) is 3. The Balaban J connectivity index is 1.69. The molecule has 3 aromatic heterocycles. The smallest absolute Gasteiger partial charge is 0.254 e. The summed E-state index contributed by atoms with van der Waals surface area (Å²) in [5.74, 6) is -0.187. The fourth-order valence-electron chi connectivity index (χ4n) is 4.05. The van der Waals surface area contributed by atoms with Crippen molar-refractivity contribution < 1.29 is 4.79 Å². The first-order valence-electron chi connectivity index (χ1n) is 9.39. The molecule has 0 atom stereocenters. The molecule has 1 aliphatic heterocycles. The van der Waals surface area contributed by atoms with Crippen LogP contribution in [0.4, 0.5) is 17.1 Å². The van der Waals surface area contributed by atoms with Crippen molar-refractivity contribution in [2.24, 2.45) is 7.05 Å². The lowest BCUT2D eigenvalue weighted by Crippen LogP contribution is -2.23. The molecule has 0 unspecified atom stereocenters. The molecule has 0 fully saturated rings. The third kappa shape index (κ3) is 2.64. The maximum absolute atomic E-state index is 12.5. The van der Waals surface area contributed by atoms with Gasteiger partial charge in [-0.3, -0.25) is 9.48 Å². The molecule has 1 amide bonds. The van der Waals surface area contributed by atoms with Crippen molar-refractivity contribution in [1.82, 2.24) is 25.1 Å². The van der Waals surface area contributed by atoms with Crippen molar-refractivity contribution >= 4 is 34.0 Å². The zero-order valence-corrected chi connectivity index (χ0v) is 16.4. The normalized spacial score (nSPS) is 12.6. The van der Waals surface area contributed by atoms with Crippen LogP contribution in [0.3, 0.4) is 0 Å². The fourth-order valence-corrected chi connectivity index (χ4v) is 4.05. The number of aryl methyl sites for hydroxylation is 1. The number of anilines is 3. The molecule has 0 bridgehead atoms. The van der Waals surface area contributed by atoms with E-state index in [2.05, 4.69) is 49.9 Å². The Morgan fingerprint density at radius 3 is 2.93 bits per heavy atom. The van der Waals surface area contributed by atoms with Gasteiger partial charge in [-0.15, -0.1) is 0 Å². The van der Waals surface area contributed by atoms with Crippen molar-refractivity contribution in [3.8, 4) is 11.3 Å². The van der Waals surface area contributed by atoms with E-state index in [4.69, 9.17) is 0 Å². The molecule has 0 saturated heterocycles. The lowest BCUT2D eigenvalue weighted by molar-refractivity contribution is 0.0963. The number of nitrogens with zero attached hydrogens (tertiary/aromatic N) is 4. The van der Waals surface area contributed by atoms with Crippen LogP contribution in [-0.4, -0.2) is 39.8 Å². The van der Waals surface area contributed by atoms with Gasteiger partial charge in [-0.1, -0.05) is 12.1 Å². The van der Waals surface area contributed by atoms with E-state index in [1.54, 1.807) is 13.2 Å². The van der Waals surface area contributed by atoms with E-state index in [-0.39, 0.29) is 5.91 Å². The van der Waals surface area contributed by atoms with Gasteiger partial charge in [0, 0.05) is 62.8 Å². The predicted octanol–water partition coefficient (Wildman–Crippen LogP) is 3.02. The minimum atomic E-state index is -0.187. The summed E-state index contributed by atoms with van der Waals surface area (Å²) in [5, 5.41) is 11.7. The van der Waals surface area contributed by atoms with E-state index in [1.165, 1.54) is 5.56 Å². The summed E-state index contributed by atoms with van der Waals surface area (Å²) in [6.07, 6.45) is 5.48. The van der Waals surface area contributed by atoms with Crippen LogP contribution in [0.25, 0.3) is 22.3 Å². The second-order valence-electron chi connectivity index (χ2n) is 7.23. The predicted molar refractivity (Wildman–Crippen MR) is 114 cm³/mol. The van der Waals surface area contributed by atoms with Crippen molar-refractivity contribution in [3.63, 3.8) is 0 Å². The summed E-state index contributed by atoms with van der Waals surface area (Å²) in [5.41, 5.74) is 7.19. The van der Waals surface area contributed by atoms with Crippen LogP contribution in [0.2, 0.25) is 0 Å². The third-order valence-corrected chi connectivity index (χ3v) is 5.30. The molecule has 8 nitrogen and oxygen atoms in total. The number of rotatable bonds is 3. The number of aromatic amines is 1. The second-order valence-corrected chi connectivity index (χ2v) is 7.23. The van der Waals surface area contributed by atoms with E-state index >= 15 is 0 Å². The average molecular weight is 387 g/mol. The molecule has 8 heteroatoms. The van der Waals surface area contributed by atoms with E-state index in [0.29, 0.717) is 5.56 Å². The van der Waals surface area contributed by atoms with Crippen molar-refractivity contribution in [3.05, 3.63) is 54.0 Å². The van der Waals surface area contributed by atoms with Crippen molar-refractivity contribution in [2.75, 3.05) is 24.3 Å². The van der Waals surface area contributed by atoms with Crippen LogP contribution in [-0.2, 0) is 13.6 Å². The number of carbonyl (C=O) groups excluding carboxylic acids is 1. The average Bonchev–Trinajstić information content (AvgIpc) is 3.33. The van der Waals surface area contributed by atoms with Gasteiger partial charge in [0.15, 0.2) is 0 Å². The number of fused-ring (bicyclic) bond motifs is 4. The number of aromatic nitrogens is 4. The topological polar surface area (TPSA) is 90.9 Å². The van der Waals surface area contributed by atoms with E-state index in [1.807, 2.05) is 36.1 Å². The second kappa shape index (κ2) is 6.37. The number of benzene rings is 1. The Kier molecular flexibility index (Phi) is 3.80. The van der Waals surface area contributed by atoms with Crippen LogP contribution in [0.5, 0.6) is 0 Å². The Bertz CT molecular complexity index is 1250. The minimum absolute atomic E-state index is 0.187. The van der Waals surface area contributed by atoms with Crippen LogP contribution >= 0.6 is 0 Å². The molecule has 146 valence electrons. The molecule has 0 radical (unpaired) electrons. The SMILES string of the molecule is CNC(=O)c1cnc2[nH]ccc2c1Nc1cccc2c1N(C)Cc1cn(C)nc1-2. The van der Waals surface area contributed by atoms with E-state index in [0.717, 1.165) is 45.9 Å². The zero-order chi connectivity index (χ0) is 20.1. The van der Waals surface area contributed by atoms with Gasteiger partial charge in [0.05, 0.1) is 28.3 Å². The van der Waals surface area contributed by atoms with Crippen LogP contribution in [0.15, 0.2) is 42.9 Å². The Morgan fingerprint density at radius 2 is 2.10 bits per heavy atom. The number of nitrogens with one attached hydrogen (secondary N) is 3. The maximum Gasteiger partial charge on any atom is 0.254 e. The fraction of sp³-hybridized carbons (Fsp3) is 0.190. The molecule has 1 aromatic carbocycles. The number of amides is 1. The van der Waals surface area contributed by atoms with Gasteiger partial charge in [-0.05, 0) is 12.1 Å². The highest BCUT2D eigenvalue weighted by molar-refractivity contribution is 6.08. The minimum Gasteiger partial charge on any atom is -0.368 e. The van der Waals surface area contributed by atoms with Crippen LogP contribution < -0.4 is 15.5 Å². The van der Waals surface area contributed by atoms with Gasteiger partial charge < -0.3 is 20.5 Å². The summed E-state index contributed by atoms with van der Waals surface area (Å²) in [7, 11) is 5.63. The molecule has 3 N–H and O–H groups in total. The van der Waals surface area contributed by atoms with E-state index in [9.17, 15) is 4.79 Å². The van der Waals surface area contributed by atoms with Crippen LogP contribution in [0, 0.1) is 0 Å². The number of carbonyl (C=O) groups is 1. The molecule has 0 aliphatic carbocycles. The summed E-state index contributed by atoms with van der Waals surface area (Å²) >= 11 is 0. The highest BCUT2D eigenvalue weighted by atomic mass is 16.1. The summed E-state index contributed by atoms with van der Waals surface area (Å²) in [4.78, 5) is 22.2. The van der Waals surface area contributed by atoms with Gasteiger partial charge in [0.25, 0.3) is 5.91 Å². The number of H-pyrrole nitrogens is 1. The first-order valence-corrected chi connectivity index (χ1v) is 9.39. The first-order chi connectivity index (χ1) is 14.1. The zero-order valence-electron chi connectivity index (χ0n) is 16.4. The van der Waals surface area contributed by atoms with Crippen LogP contribution in [0.1, 0.15) is 15.9 Å². The number of hydrogen-bond acceptors (Lipinski definition) is 5. The Labute approximate surface area is 167 Å². The molecule has 29 heavy (non-hydrogen) atoms. The molecular formula is C21H21N7O. The molecule has 0 saturated carbocycles. The number of pyridine rings is 1. The van der Waals surface area contributed by atoms with Crippen molar-refractivity contribution in [2.45, 2.75) is 6.54 Å². The lowest BCUT2D eigenvalue weighted by Gasteiger charge is -2.29. The lowest BCUT2D eigenvalue weighted by atomic mass is 9.99. The monoisotopic (exact) mass is 387 g/mol. The molecule has 4 heterocycles. The van der Waals surface area contributed by atoms with Gasteiger partial charge >= 0.3 is 0 Å². The summed E-state index contributed by atoms with van der Waals surface area (Å²) < 4.78 is 1.85. The first kappa shape index (κ1) is 17.3. The third-order valence-electron chi connectivity index (χ3n) is 5.30. The maximum atomic E-state index is 12.5. The Morgan fingerprint density at radius 1 is 1.24 bits per heavy atom. The van der Waals surface area contributed by atoms with Crippen molar-refractivity contribution in [1.29, 1.82) is 0 Å². The quantitative estimate of drug-likeness (QED) is 0.503. The standard InChI is InChI=1S/C21H21N7O/c1-22-21(29)15-9-24-20-14(7-8-23-20)18(15)25-16-6-4-5-13-17-12(11-28(3)26-17)10-27(2)19(13)16/h4-9,11H,10H2,1-3H3,(H,22,29)(H2,23,24,25). The van der Waals surface area contributed by atoms with Gasteiger partial charge in [-0.2, -0.15) is 5.10 Å². The summed E-state index contributed by atoms with van der Waals surface area (Å²) in [6, 6.07) is 8.04. The molecule has 5 rings (SSSR count). The molecule has 4 aromatic rings. The van der Waals surface area contributed by atoms with Gasteiger partial charge in [-0.25, -0.2) is 4.98 Å². The molecule has 0 spiro atoms. The van der Waals surface area contributed by atoms with E-state index < -0.39 is 0 Å². The highest BCUT2D eigenvalue weighted by Gasteiger charge is 2.26. The molecule has 1 aliphatic rings. The van der Waals surface area contributed by atoms with Gasteiger partial charge in [0.1, 0.15) is 5.65 Å². The highest BCUT2D eigenvalue weighted by Crippen LogP contribution is 2.43. The van der Waals surface area contributed by atoms with Gasteiger partial charge in [0.2, 0.25) is 0 Å². The number of para-hydroxylation sites is 1. The largest absolute Gasteiger partial charge is 0.368 e.